The molecule has 2 aromatic carbocycles. The van der Waals surface area contributed by atoms with Gasteiger partial charge in [-0.25, -0.2) is 0 Å². The summed E-state index contributed by atoms with van der Waals surface area (Å²) in [5.74, 6) is -0.879. The second-order valence-electron chi connectivity index (χ2n) is 4.71. The molecule has 0 bridgehead atoms. The van der Waals surface area contributed by atoms with Crippen LogP contribution >= 0.6 is 0 Å². The number of Topliss-reactive ketones (excluding diaryl/α,β-unsaturated/α-hetero) is 1. The average Bonchev–Trinajstić information content (AvgIpc) is 2.40. The van der Waals surface area contributed by atoms with Gasteiger partial charge in [-0.05, 0) is 19.4 Å². The molecule has 0 heterocycles. The van der Waals surface area contributed by atoms with Crippen LogP contribution in [0.5, 0.6) is 0 Å². The van der Waals surface area contributed by atoms with Crippen LogP contribution in [-0.4, -0.2) is 5.78 Å². The first kappa shape index (κ1) is 13.0. The molecule has 2 rings (SSSR count). The number of ketones is 1. The van der Waals surface area contributed by atoms with Gasteiger partial charge in [0.1, 0.15) is 5.92 Å². The Kier molecular flexibility index (Phi) is 3.77. The summed E-state index contributed by atoms with van der Waals surface area (Å²) in [5, 5.41) is 9.29. The Bertz CT molecular complexity index is 635. The van der Waals surface area contributed by atoms with Gasteiger partial charge in [0.25, 0.3) is 0 Å². The molecule has 1 atom stereocenters. The number of carbonyl (C=O) groups excluding carboxylic acids is 1. The zero-order valence-electron chi connectivity index (χ0n) is 11.1. The highest BCUT2D eigenvalue weighted by Crippen LogP contribution is 2.21. The van der Waals surface area contributed by atoms with Crippen LogP contribution in [0.4, 0.5) is 0 Å². The van der Waals surface area contributed by atoms with Crippen molar-refractivity contribution in [3.8, 4) is 6.07 Å². The molecule has 2 aromatic rings. The monoisotopic (exact) mass is 249 g/mol. The summed E-state index contributed by atoms with van der Waals surface area (Å²) in [6, 6.07) is 17.0. The second-order valence-corrected chi connectivity index (χ2v) is 4.71. The topological polar surface area (TPSA) is 40.9 Å². The lowest BCUT2D eigenvalue weighted by molar-refractivity contribution is 0.0979. The molecular weight excluding hydrogens is 234 g/mol. The molecule has 1 unspecified atom stereocenters. The molecule has 0 radical (unpaired) electrons. The fourth-order valence-corrected chi connectivity index (χ4v) is 2.02. The van der Waals surface area contributed by atoms with E-state index in [2.05, 4.69) is 6.07 Å². The van der Waals surface area contributed by atoms with Crippen LogP contribution in [0.15, 0.2) is 48.5 Å². The van der Waals surface area contributed by atoms with Gasteiger partial charge < -0.3 is 0 Å². The molecule has 0 aliphatic carbocycles. The van der Waals surface area contributed by atoms with Gasteiger partial charge in [0.2, 0.25) is 0 Å². The lowest BCUT2D eigenvalue weighted by Gasteiger charge is -2.09. The Hall–Kier alpha value is -2.40. The second kappa shape index (κ2) is 5.49. The van der Waals surface area contributed by atoms with Gasteiger partial charge in [-0.2, -0.15) is 5.26 Å². The Morgan fingerprint density at radius 3 is 2.32 bits per heavy atom. The zero-order valence-corrected chi connectivity index (χ0v) is 11.1. The lowest BCUT2D eigenvalue weighted by atomic mass is 9.91. The molecule has 0 saturated heterocycles. The van der Waals surface area contributed by atoms with E-state index in [1.165, 1.54) is 0 Å². The summed E-state index contributed by atoms with van der Waals surface area (Å²) in [7, 11) is 0. The summed E-state index contributed by atoms with van der Waals surface area (Å²) >= 11 is 0. The molecule has 0 fully saturated rings. The molecule has 2 nitrogen and oxygen atoms in total. The van der Waals surface area contributed by atoms with Gasteiger partial charge in [-0.15, -0.1) is 0 Å². The molecule has 0 N–H and O–H groups in total. The van der Waals surface area contributed by atoms with Gasteiger partial charge in [-0.1, -0.05) is 59.7 Å². The number of nitriles is 1. The smallest absolute Gasteiger partial charge is 0.184 e. The third kappa shape index (κ3) is 2.89. The largest absolute Gasteiger partial charge is 0.292 e. The van der Waals surface area contributed by atoms with Crippen LogP contribution in [0.25, 0.3) is 0 Å². The maximum Gasteiger partial charge on any atom is 0.184 e. The van der Waals surface area contributed by atoms with E-state index in [4.69, 9.17) is 0 Å². The average molecular weight is 249 g/mol. The summed E-state index contributed by atoms with van der Waals surface area (Å²) < 4.78 is 0. The SMILES string of the molecule is Cc1ccc(C(=O)C(C#N)c2cccc(C)c2)cc1. The van der Waals surface area contributed by atoms with Crippen LogP contribution in [-0.2, 0) is 0 Å². The van der Waals surface area contributed by atoms with Crippen LogP contribution in [0.3, 0.4) is 0 Å². The zero-order chi connectivity index (χ0) is 13.8. The molecule has 0 amide bonds. The van der Waals surface area contributed by atoms with E-state index in [0.717, 1.165) is 16.7 Å². The quantitative estimate of drug-likeness (QED) is 0.776. The van der Waals surface area contributed by atoms with E-state index in [1.807, 2.05) is 50.2 Å². The van der Waals surface area contributed by atoms with E-state index >= 15 is 0 Å². The molecule has 94 valence electrons. The highest BCUT2D eigenvalue weighted by atomic mass is 16.1. The Labute approximate surface area is 113 Å². The van der Waals surface area contributed by atoms with Crippen molar-refractivity contribution < 1.29 is 4.79 Å². The minimum atomic E-state index is -0.734. The van der Waals surface area contributed by atoms with Gasteiger partial charge in [-0.3, -0.25) is 4.79 Å². The molecule has 0 spiro atoms. The third-order valence-electron chi connectivity index (χ3n) is 3.10. The van der Waals surface area contributed by atoms with Crippen LogP contribution in [0.1, 0.15) is 33.0 Å². The van der Waals surface area contributed by atoms with Gasteiger partial charge in [0.05, 0.1) is 6.07 Å². The molecule has 0 aromatic heterocycles. The first-order valence-electron chi connectivity index (χ1n) is 6.19. The highest BCUT2D eigenvalue weighted by Gasteiger charge is 2.21. The van der Waals surface area contributed by atoms with Crippen molar-refractivity contribution in [1.82, 2.24) is 0 Å². The first-order valence-corrected chi connectivity index (χ1v) is 6.19. The minimum absolute atomic E-state index is 0.145. The van der Waals surface area contributed by atoms with Gasteiger partial charge in [0.15, 0.2) is 5.78 Å². The fraction of sp³-hybridized carbons (Fsp3) is 0.176. The van der Waals surface area contributed by atoms with Crippen molar-refractivity contribution in [3.05, 3.63) is 70.8 Å². The van der Waals surface area contributed by atoms with E-state index in [0.29, 0.717) is 5.56 Å². The molecule has 2 heteroatoms. The summed E-state index contributed by atoms with van der Waals surface area (Å²) in [4.78, 5) is 12.4. The third-order valence-corrected chi connectivity index (χ3v) is 3.10. The van der Waals surface area contributed by atoms with Crippen LogP contribution in [0, 0.1) is 25.2 Å². The van der Waals surface area contributed by atoms with E-state index in [9.17, 15) is 10.1 Å². The van der Waals surface area contributed by atoms with Crippen LogP contribution < -0.4 is 0 Å². The minimum Gasteiger partial charge on any atom is -0.292 e. The summed E-state index contributed by atoms with van der Waals surface area (Å²) in [6.07, 6.45) is 0. The fourth-order valence-electron chi connectivity index (χ4n) is 2.02. The number of rotatable bonds is 3. The van der Waals surface area contributed by atoms with Crippen molar-refractivity contribution in [1.29, 1.82) is 5.26 Å². The standard InChI is InChI=1S/C17H15NO/c1-12-6-8-14(9-7-12)17(19)16(11-18)15-5-3-4-13(2)10-15/h3-10,16H,1-2H3. The molecule has 0 saturated carbocycles. The Morgan fingerprint density at radius 2 is 1.74 bits per heavy atom. The maximum absolute atomic E-state index is 12.4. The number of carbonyl (C=O) groups is 1. The number of nitrogens with zero attached hydrogens (tertiary/aromatic N) is 1. The Morgan fingerprint density at radius 1 is 1.05 bits per heavy atom. The van der Waals surface area contributed by atoms with Crippen LogP contribution in [0.2, 0.25) is 0 Å². The van der Waals surface area contributed by atoms with E-state index < -0.39 is 5.92 Å². The van der Waals surface area contributed by atoms with Crippen molar-refractivity contribution in [2.45, 2.75) is 19.8 Å². The molecular formula is C17H15NO. The van der Waals surface area contributed by atoms with E-state index in [1.54, 1.807) is 12.1 Å². The normalized spacial score (nSPS) is 11.6. The molecule has 19 heavy (non-hydrogen) atoms. The predicted molar refractivity (Wildman–Crippen MR) is 75.0 cm³/mol. The van der Waals surface area contributed by atoms with Crippen molar-refractivity contribution >= 4 is 5.78 Å². The van der Waals surface area contributed by atoms with Crippen molar-refractivity contribution in [2.24, 2.45) is 0 Å². The first-order chi connectivity index (χ1) is 9.11. The number of aryl methyl sites for hydroxylation is 2. The summed E-state index contributed by atoms with van der Waals surface area (Å²) in [5.41, 5.74) is 3.49. The number of hydrogen-bond acceptors (Lipinski definition) is 2. The summed E-state index contributed by atoms with van der Waals surface area (Å²) in [6.45, 7) is 3.92. The maximum atomic E-state index is 12.4. The Balaban J connectivity index is 2.35. The van der Waals surface area contributed by atoms with Gasteiger partial charge >= 0.3 is 0 Å². The molecule has 0 aliphatic rings. The highest BCUT2D eigenvalue weighted by molar-refractivity contribution is 6.02. The molecule has 0 aliphatic heterocycles. The van der Waals surface area contributed by atoms with E-state index in [-0.39, 0.29) is 5.78 Å². The number of hydrogen-bond donors (Lipinski definition) is 0. The predicted octanol–water partition coefficient (Wildman–Crippen LogP) is 3.79. The van der Waals surface area contributed by atoms with Gasteiger partial charge in [0, 0.05) is 5.56 Å². The van der Waals surface area contributed by atoms with Crippen molar-refractivity contribution in [2.75, 3.05) is 0 Å². The lowest BCUT2D eigenvalue weighted by Crippen LogP contribution is -2.11. The van der Waals surface area contributed by atoms with Crippen molar-refractivity contribution in [3.63, 3.8) is 0 Å². The number of benzene rings is 2.